The first-order valence-corrected chi connectivity index (χ1v) is 11.4. The normalized spacial score (nSPS) is 13.2. The van der Waals surface area contributed by atoms with Gasteiger partial charge in [0.2, 0.25) is 0 Å². The average Bonchev–Trinajstić information content (AvgIpc) is 2.88. The number of anilines is 1. The van der Waals surface area contributed by atoms with Crippen molar-refractivity contribution >= 4 is 23.2 Å². The molecule has 0 bridgehead atoms. The molecule has 13 heteroatoms. The number of rotatable bonds is 9. The molecule has 0 saturated carbocycles. The van der Waals surface area contributed by atoms with Gasteiger partial charge in [0.1, 0.15) is 5.69 Å². The van der Waals surface area contributed by atoms with Gasteiger partial charge in [-0.3, -0.25) is 9.78 Å². The van der Waals surface area contributed by atoms with Gasteiger partial charge in [-0.1, -0.05) is 6.07 Å². The van der Waals surface area contributed by atoms with Gasteiger partial charge in [-0.25, -0.2) is 9.98 Å². The summed E-state index contributed by atoms with van der Waals surface area (Å²) in [4.78, 5) is 24.5. The largest absolute Gasteiger partial charge is 0.469 e. The van der Waals surface area contributed by atoms with Crippen LogP contribution in [0.25, 0.3) is 11.4 Å². The van der Waals surface area contributed by atoms with Gasteiger partial charge in [0.15, 0.2) is 5.82 Å². The lowest BCUT2D eigenvalue weighted by Crippen LogP contribution is -2.15. The summed E-state index contributed by atoms with van der Waals surface area (Å²) >= 11 is 0. The molecule has 2 aromatic heterocycles. The molecule has 0 radical (unpaired) electrons. The van der Waals surface area contributed by atoms with Crippen LogP contribution in [0, 0.1) is 0 Å². The molecule has 1 N–H and O–H groups in total. The molecule has 3 rings (SSSR count). The number of halogens is 6. The second-order valence-electron chi connectivity index (χ2n) is 8.31. The monoisotopic (exact) mass is 554 g/mol. The fraction of sp³-hybridized carbons (Fsp3) is 0.308. The smallest absolute Gasteiger partial charge is 0.418 e. The fourth-order valence-corrected chi connectivity index (χ4v) is 3.62. The minimum Gasteiger partial charge on any atom is -0.469 e. The van der Waals surface area contributed by atoms with E-state index in [-0.39, 0.29) is 30.3 Å². The molecule has 0 amide bonds. The first-order chi connectivity index (χ1) is 18.3. The zero-order valence-electron chi connectivity index (χ0n) is 21.0. The fourth-order valence-electron chi connectivity index (χ4n) is 3.62. The average molecular weight is 554 g/mol. The number of esters is 1. The Morgan fingerprint density at radius 3 is 2.28 bits per heavy atom. The van der Waals surface area contributed by atoms with Gasteiger partial charge >= 0.3 is 18.3 Å². The standard InChI is InChI=1S/C26H24F6N4O3/c1-15(34-17-8-6-16(7-9-17)25(27,28)29)19-10-11-21(23-20(26(30,31)32)5-4-12-33-23)36-24(19)35-18(14-38-2)13-22(37)39-3/h4-12,15,34H,13-14H2,1-3H3. The Morgan fingerprint density at radius 2 is 1.69 bits per heavy atom. The van der Waals surface area contributed by atoms with Gasteiger partial charge in [0.05, 0.1) is 48.7 Å². The van der Waals surface area contributed by atoms with Crippen LogP contribution in [0.15, 0.2) is 59.7 Å². The van der Waals surface area contributed by atoms with Crippen molar-refractivity contribution in [2.45, 2.75) is 31.7 Å². The van der Waals surface area contributed by atoms with E-state index in [1.165, 1.54) is 44.7 Å². The Bertz CT molecular complexity index is 1320. The highest BCUT2D eigenvalue weighted by Crippen LogP contribution is 2.37. The molecule has 2 heterocycles. The zero-order chi connectivity index (χ0) is 28.8. The Morgan fingerprint density at radius 1 is 1.00 bits per heavy atom. The number of pyridine rings is 2. The first kappa shape index (κ1) is 29.6. The van der Waals surface area contributed by atoms with Gasteiger partial charge in [-0.15, -0.1) is 0 Å². The van der Waals surface area contributed by atoms with Crippen molar-refractivity contribution in [2.75, 3.05) is 26.1 Å². The maximum absolute atomic E-state index is 13.6. The lowest BCUT2D eigenvalue weighted by Gasteiger charge is -2.19. The Balaban J connectivity index is 2.09. The van der Waals surface area contributed by atoms with Crippen molar-refractivity contribution < 1.29 is 40.6 Å². The van der Waals surface area contributed by atoms with E-state index in [0.29, 0.717) is 11.3 Å². The quantitative estimate of drug-likeness (QED) is 0.181. The summed E-state index contributed by atoms with van der Waals surface area (Å²) in [5.74, 6) is -0.655. The second kappa shape index (κ2) is 12.2. The summed E-state index contributed by atoms with van der Waals surface area (Å²) in [5.41, 5.74) is -1.43. The predicted molar refractivity (Wildman–Crippen MR) is 132 cm³/mol. The number of methoxy groups -OCH3 is 2. The van der Waals surface area contributed by atoms with Crippen LogP contribution in [-0.2, 0) is 26.6 Å². The third-order valence-electron chi connectivity index (χ3n) is 5.47. The van der Waals surface area contributed by atoms with Crippen molar-refractivity contribution in [3.8, 4) is 11.4 Å². The van der Waals surface area contributed by atoms with E-state index in [9.17, 15) is 31.1 Å². The number of nitrogens with zero attached hydrogens (tertiary/aromatic N) is 3. The lowest BCUT2D eigenvalue weighted by molar-refractivity contribution is -0.139. The van der Waals surface area contributed by atoms with Crippen molar-refractivity contribution in [2.24, 2.45) is 4.99 Å². The first-order valence-electron chi connectivity index (χ1n) is 11.4. The Kier molecular flexibility index (Phi) is 9.28. The van der Waals surface area contributed by atoms with Crippen molar-refractivity contribution in [1.82, 2.24) is 9.97 Å². The van der Waals surface area contributed by atoms with E-state index < -0.39 is 41.2 Å². The number of aliphatic imine (C=N–C) groups is 1. The van der Waals surface area contributed by atoms with Gasteiger partial charge < -0.3 is 14.8 Å². The molecule has 0 spiro atoms. The van der Waals surface area contributed by atoms with Crippen LogP contribution in [0.2, 0.25) is 0 Å². The number of nitrogens with one attached hydrogen (secondary N) is 1. The highest BCUT2D eigenvalue weighted by Gasteiger charge is 2.35. The van der Waals surface area contributed by atoms with Crippen LogP contribution in [0.1, 0.15) is 36.1 Å². The molecule has 1 unspecified atom stereocenters. The molecule has 208 valence electrons. The van der Waals surface area contributed by atoms with Gasteiger partial charge in [0.25, 0.3) is 0 Å². The zero-order valence-corrected chi connectivity index (χ0v) is 21.0. The molecule has 0 fully saturated rings. The summed E-state index contributed by atoms with van der Waals surface area (Å²) in [5, 5.41) is 3.03. The molecular weight excluding hydrogens is 530 g/mol. The number of carbonyl (C=O) groups excluding carboxylic acids is 1. The molecule has 0 aliphatic carbocycles. The van der Waals surface area contributed by atoms with Gasteiger partial charge in [-0.05, 0) is 49.4 Å². The summed E-state index contributed by atoms with van der Waals surface area (Å²) in [6.45, 7) is 1.57. The van der Waals surface area contributed by atoms with Crippen LogP contribution in [-0.4, -0.2) is 42.5 Å². The number of carbonyl (C=O) groups is 1. The number of ether oxygens (including phenoxy) is 2. The third kappa shape index (κ3) is 7.76. The maximum Gasteiger partial charge on any atom is 0.418 e. The van der Waals surface area contributed by atoms with E-state index in [1.807, 2.05) is 0 Å². The highest BCUT2D eigenvalue weighted by atomic mass is 19.4. The number of hydrogen-bond acceptors (Lipinski definition) is 7. The molecule has 0 aliphatic rings. The molecule has 39 heavy (non-hydrogen) atoms. The summed E-state index contributed by atoms with van der Waals surface area (Å²) in [6, 6.07) is 8.58. The number of aromatic nitrogens is 2. The number of hydrogen-bond donors (Lipinski definition) is 1. The van der Waals surface area contributed by atoms with Crippen LogP contribution < -0.4 is 5.32 Å². The Hall–Kier alpha value is -4.00. The van der Waals surface area contributed by atoms with E-state index in [0.717, 1.165) is 24.3 Å². The summed E-state index contributed by atoms with van der Waals surface area (Å²) in [6.07, 6.45) is -8.26. The molecule has 1 atom stereocenters. The molecule has 7 nitrogen and oxygen atoms in total. The van der Waals surface area contributed by atoms with Crippen molar-refractivity contribution in [3.05, 3.63) is 71.4 Å². The van der Waals surface area contributed by atoms with E-state index >= 15 is 0 Å². The molecule has 0 aliphatic heterocycles. The van der Waals surface area contributed by atoms with E-state index in [2.05, 4.69) is 25.0 Å². The van der Waals surface area contributed by atoms with Crippen molar-refractivity contribution in [1.29, 1.82) is 0 Å². The SMILES string of the molecule is COCC(CC(=O)OC)=Nc1nc(-c2ncccc2C(F)(F)F)ccc1C(C)Nc1ccc(C(F)(F)F)cc1. The highest BCUT2D eigenvalue weighted by molar-refractivity contribution is 6.00. The minimum atomic E-state index is -4.70. The van der Waals surface area contributed by atoms with Crippen LogP contribution in [0.3, 0.4) is 0 Å². The number of benzene rings is 1. The molecule has 1 aromatic carbocycles. The Labute approximate surface area is 219 Å². The maximum atomic E-state index is 13.6. The molecule has 0 saturated heterocycles. The van der Waals surface area contributed by atoms with Gasteiger partial charge in [-0.2, -0.15) is 26.3 Å². The van der Waals surface area contributed by atoms with Crippen LogP contribution in [0.4, 0.5) is 37.8 Å². The van der Waals surface area contributed by atoms with E-state index in [1.54, 1.807) is 6.92 Å². The van der Waals surface area contributed by atoms with Crippen molar-refractivity contribution in [3.63, 3.8) is 0 Å². The lowest BCUT2D eigenvalue weighted by atomic mass is 10.1. The third-order valence-corrected chi connectivity index (χ3v) is 5.47. The van der Waals surface area contributed by atoms with Gasteiger partial charge in [0, 0.05) is 24.6 Å². The molecular formula is C26H24F6N4O3. The minimum absolute atomic E-state index is 0.0332. The summed E-state index contributed by atoms with van der Waals surface area (Å²) in [7, 11) is 2.56. The molecule has 3 aromatic rings. The summed E-state index contributed by atoms with van der Waals surface area (Å²) < 4.78 is 89.4. The van der Waals surface area contributed by atoms with Crippen LogP contribution in [0.5, 0.6) is 0 Å². The van der Waals surface area contributed by atoms with E-state index in [4.69, 9.17) is 4.74 Å². The van der Waals surface area contributed by atoms with Crippen LogP contribution >= 0.6 is 0 Å². The second-order valence-corrected chi connectivity index (χ2v) is 8.31. The topological polar surface area (TPSA) is 85.7 Å². The number of alkyl halides is 6. The predicted octanol–water partition coefficient (Wildman–Crippen LogP) is 6.64.